The molecule has 0 aromatic heterocycles. The highest BCUT2D eigenvalue weighted by molar-refractivity contribution is 5.77. The highest BCUT2D eigenvalue weighted by Gasteiger charge is 2.24. The van der Waals surface area contributed by atoms with Gasteiger partial charge in [0.25, 0.3) is 0 Å². The van der Waals surface area contributed by atoms with Crippen LogP contribution in [0.3, 0.4) is 0 Å². The molecule has 6 nitrogen and oxygen atoms in total. The molecule has 0 radical (unpaired) electrons. The summed E-state index contributed by atoms with van der Waals surface area (Å²) in [6, 6.07) is -0.733. The molecular formula is C62H105NO5. The van der Waals surface area contributed by atoms with E-state index in [1.54, 1.807) is 0 Å². The summed E-state index contributed by atoms with van der Waals surface area (Å²) in [5.41, 5.74) is 0. The van der Waals surface area contributed by atoms with Crippen LogP contribution in [0.1, 0.15) is 245 Å². The lowest BCUT2D eigenvalue weighted by Crippen LogP contribution is -2.46. The summed E-state index contributed by atoms with van der Waals surface area (Å²) in [5.74, 6) is -0.563. The maximum atomic E-state index is 13.3. The van der Waals surface area contributed by atoms with Crippen LogP contribution in [0.5, 0.6) is 0 Å². The minimum atomic E-state index is -0.815. The van der Waals surface area contributed by atoms with Crippen molar-refractivity contribution in [1.82, 2.24) is 5.32 Å². The van der Waals surface area contributed by atoms with Gasteiger partial charge in [-0.3, -0.25) is 9.59 Å². The Morgan fingerprint density at radius 1 is 0.456 bits per heavy atom. The molecule has 3 unspecified atom stereocenters. The van der Waals surface area contributed by atoms with Gasteiger partial charge in [0.05, 0.1) is 25.2 Å². The molecule has 3 N–H and O–H groups in total. The second kappa shape index (κ2) is 54.5. The molecule has 0 saturated carbocycles. The van der Waals surface area contributed by atoms with Crippen LogP contribution in [0.2, 0.25) is 0 Å². The number of hydrogen-bond acceptors (Lipinski definition) is 5. The van der Waals surface area contributed by atoms with Crippen LogP contribution in [0.25, 0.3) is 0 Å². The number of carbonyl (C=O) groups is 2. The number of hydrogen-bond donors (Lipinski definition) is 3. The molecule has 0 aliphatic rings. The molecule has 68 heavy (non-hydrogen) atoms. The van der Waals surface area contributed by atoms with Crippen molar-refractivity contribution in [3.05, 3.63) is 109 Å². The first-order chi connectivity index (χ1) is 33.5. The summed E-state index contributed by atoms with van der Waals surface area (Å²) < 4.78 is 5.91. The zero-order valence-corrected chi connectivity index (χ0v) is 44.2. The van der Waals surface area contributed by atoms with Crippen molar-refractivity contribution in [3.63, 3.8) is 0 Å². The predicted molar refractivity (Wildman–Crippen MR) is 296 cm³/mol. The molecule has 0 fully saturated rings. The number of nitrogens with one attached hydrogen (secondary N) is 1. The lowest BCUT2D eigenvalue weighted by Gasteiger charge is -2.24. The number of carbonyl (C=O) groups excluding carboxylic acids is 2. The van der Waals surface area contributed by atoms with Crippen LogP contribution in [0.4, 0.5) is 0 Å². The van der Waals surface area contributed by atoms with Crippen LogP contribution < -0.4 is 5.32 Å². The zero-order chi connectivity index (χ0) is 49.5. The van der Waals surface area contributed by atoms with E-state index in [1.165, 1.54) is 96.3 Å². The molecule has 0 aliphatic heterocycles. The highest BCUT2D eigenvalue weighted by atomic mass is 16.5. The summed E-state index contributed by atoms with van der Waals surface area (Å²) in [6.45, 7) is 6.27. The fraction of sp³-hybridized carbons (Fsp3) is 0.677. The average Bonchev–Trinajstić information content (AvgIpc) is 3.33. The van der Waals surface area contributed by atoms with Gasteiger partial charge in [-0.05, 0) is 77.0 Å². The van der Waals surface area contributed by atoms with Gasteiger partial charge in [0.15, 0.2) is 0 Å². The van der Waals surface area contributed by atoms with Crippen molar-refractivity contribution in [2.75, 3.05) is 6.61 Å². The number of aliphatic hydroxyl groups excluding tert-OH is 2. The Balaban J connectivity index is 4.67. The third kappa shape index (κ3) is 49.0. The Kier molecular flexibility index (Phi) is 51.7. The smallest absolute Gasteiger partial charge is 0.306 e. The fourth-order valence-corrected chi connectivity index (χ4v) is 7.99. The lowest BCUT2D eigenvalue weighted by molar-refractivity contribution is -0.151. The highest BCUT2D eigenvalue weighted by Crippen LogP contribution is 2.17. The predicted octanol–water partition coefficient (Wildman–Crippen LogP) is 17.5. The number of unbranched alkanes of at least 4 members (excludes halogenated alkanes) is 23. The maximum absolute atomic E-state index is 13.3. The van der Waals surface area contributed by atoms with E-state index >= 15 is 0 Å². The molecule has 0 aromatic rings. The topological polar surface area (TPSA) is 95.9 Å². The molecule has 1 amide bonds. The van der Waals surface area contributed by atoms with Gasteiger partial charge < -0.3 is 20.3 Å². The molecule has 0 heterocycles. The molecule has 0 spiro atoms. The molecule has 6 heteroatoms. The largest absolute Gasteiger partial charge is 0.462 e. The summed E-state index contributed by atoms with van der Waals surface area (Å²) in [5, 5.41) is 23.9. The normalized spacial score (nSPS) is 14.0. The van der Waals surface area contributed by atoms with Crippen LogP contribution in [0.15, 0.2) is 109 Å². The second-order valence-electron chi connectivity index (χ2n) is 18.7. The Morgan fingerprint density at radius 3 is 1.41 bits per heavy atom. The summed E-state index contributed by atoms with van der Waals surface area (Å²) in [4.78, 5) is 26.2. The van der Waals surface area contributed by atoms with E-state index in [0.717, 1.165) is 103 Å². The van der Waals surface area contributed by atoms with Crippen LogP contribution in [0, 0.1) is 0 Å². The van der Waals surface area contributed by atoms with Gasteiger partial charge in [-0.25, -0.2) is 0 Å². The molecule has 0 saturated heterocycles. The molecule has 3 atom stereocenters. The number of aliphatic hydroxyl groups is 2. The minimum Gasteiger partial charge on any atom is -0.462 e. The SMILES string of the molecule is CC/C=C/C/C=C/C/C=C/C/C=C/CCCC(CC(=O)NC(CO)C(O)CCCCCCCCCCCCCCCCCCC)OC(=O)CCCCCCC/C=C/C=C/C=C/C=C/C=C/CCC. The number of allylic oxidation sites excluding steroid dienone is 18. The standard InChI is InChI=1S/C62H105NO5/c1-4-7-10-13-16-19-22-25-28-30-32-34-37-40-43-46-49-52-55-62(67)68-58(53-50-47-44-41-38-35-27-24-21-18-15-12-9-6-3)56-61(66)63-59(57-64)60(65)54-51-48-45-42-39-36-33-31-29-26-23-20-17-14-11-8-5-2/h9-10,12-13,16,18-19,21-22,25,27-28,30,32,34-35,41,44,58-60,64-65H,4-8,11,14-15,17,20,23-24,26,29,31,33,36-40,42-43,45-57H2,1-3H3,(H,63,66)/b12-9+,13-10+,19-16+,21-18+,25-22+,30-28+,34-32+,35-27+,44-41+. The summed E-state index contributed by atoms with van der Waals surface area (Å²) in [7, 11) is 0. The molecule has 388 valence electrons. The average molecular weight is 945 g/mol. The summed E-state index contributed by atoms with van der Waals surface area (Å²) >= 11 is 0. The minimum absolute atomic E-state index is 0.0229. The van der Waals surface area contributed by atoms with Crippen molar-refractivity contribution in [2.24, 2.45) is 0 Å². The van der Waals surface area contributed by atoms with Gasteiger partial charge in [-0.2, -0.15) is 0 Å². The van der Waals surface area contributed by atoms with Gasteiger partial charge in [-0.1, -0.05) is 265 Å². The van der Waals surface area contributed by atoms with Crippen LogP contribution >= 0.6 is 0 Å². The lowest BCUT2D eigenvalue weighted by atomic mass is 10.0. The Labute approximate surface area is 419 Å². The van der Waals surface area contributed by atoms with E-state index in [2.05, 4.69) is 111 Å². The van der Waals surface area contributed by atoms with E-state index < -0.39 is 18.2 Å². The number of rotatable bonds is 49. The first-order valence-corrected chi connectivity index (χ1v) is 28.2. The molecule has 0 bridgehead atoms. The fourth-order valence-electron chi connectivity index (χ4n) is 7.99. The van der Waals surface area contributed by atoms with Crippen molar-refractivity contribution < 1.29 is 24.5 Å². The third-order valence-corrected chi connectivity index (χ3v) is 12.2. The molecule has 0 aliphatic carbocycles. The zero-order valence-electron chi connectivity index (χ0n) is 44.2. The monoisotopic (exact) mass is 944 g/mol. The first kappa shape index (κ1) is 64.5. The second-order valence-corrected chi connectivity index (χ2v) is 18.7. The molecular weight excluding hydrogens is 839 g/mol. The van der Waals surface area contributed by atoms with Gasteiger partial charge in [-0.15, -0.1) is 0 Å². The quantitative estimate of drug-likeness (QED) is 0.0244. The summed E-state index contributed by atoms with van der Waals surface area (Å²) in [6.07, 6.45) is 74.3. The van der Waals surface area contributed by atoms with Crippen molar-refractivity contribution in [2.45, 2.75) is 264 Å². The van der Waals surface area contributed by atoms with Crippen molar-refractivity contribution in [3.8, 4) is 0 Å². The Hall–Kier alpha value is -3.48. The number of esters is 1. The number of amides is 1. The van der Waals surface area contributed by atoms with E-state index in [0.29, 0.717) is 19.3 Å². The van der Waals surface area contributed by atoms with Gasteiger partial charge in [0, 0.05) is 6.42 Å². The molecule has 0 rings (SSSR count). The van der Waals surface area contributed by atoms with E-state index in [4.69, 9.17) is 4.74 Å². The Bertz CT molecular complexity index is 1380. The van der Waals surface area contributed by atoms with Crippen LogP contribution in [-0.4, -0.2) is 46.9 Å². The van der Waals surface area contributed by atoms with Crippen molar-refractivity contribution in [1.29, 1.82) is 0 Å². The van der Waals surface area contributed by atoms with Gasteiger partial charge in [0.2, 0.25) is 5.91 Å². The van der Waals surface area contributed by atoms with Gasteiger partial charge in [0.1, 0.15) is 6.10 Å². The van der Waals surface area contributed by atoms with Crippen molar-refractivity contribution >= 4 is 11.9 Å². The van der Waals surface area contributed by atoms with Gasteiger partial charge >= 0.3 is 5.97 Å². The first-order valence-electron chi connectivity index (χ1n) is 28.2. The third-order valence-electron chi connectivity index (χ3n) is 12.2. The maximum Gasteiger partial charge on any atom is 0.306 e. The van der Waals surface area contributed by atoms with E-state index in [9.17, 15) is 19.8 Å². The molecule has 0 aromatic carbocycles. The van der Waals surface area contributed by atoms with E-state index in [1.807, 2.05) is 24.3 Å². The Morgan fingerprint density at radius 2 is 0.897 bits per heavy atom. The number of ether oxygens (including phenoxy) is 1. The van der Waals surface area contributed by atoms with E-state index in [-0.39, 0.29) is 24.9 Å². The van der Waals surface area contributed by atoms with Crippen LogP contribution in [-0.2, 0) is 14.3 Å².